The predicted molar refractivity (Wildman–Crippen MR) is 146 cm³/mol. The van der Waals surface area contributed by atoms with Gasteiger partial charge in [0.25, 0.3) is 0 Å². The normalized spacial score (nSPS) is 12.8. The van der Waals surface area contributed by atoms with Crippen LogP contribution in [0.25, 0.3) is 49.4 Å². The monoisotopic (exact) mass is 461 g/mol. The highest BCUT2D eigenvalue weighted by Gasteiger charge is 2.35. The molecule has 0 spiro atoms. The molecule has 0 saturated carbocycles. The Morgan fingerprint density at radius 1 is 0.743 bits per heavy atom. The van der Waals surface area contributed by atoms with Crippen molar-refractivity contribution < 1.29 is 14.2 Å². The molecule has 0 aliphatic rings. The molecule has 5 heteroatoms. The van der Waals surface area contributed by atoms with Gasteiger partial charge in [0.2, 0.25) is 0 Å². The Kier molecular flexibility index (Phi) is 4.86. The lowest BCUT2D eigenvalue weighted by Crippen LogP contribution is -2.49. The molecule has 0 unspecified atom stereocenters. The summed E-state index contributed by atoms with van der Waals surface area (Å²) in [5.41, 5.74) is 4.41. The van der Waals surface area contributed by atoms with Gasteiger partial charge in [-0.25, -0.2) is 0 Å². The van der Waals surface area contributed by atoms with Crippen LogP contribution in [-0.2, 0) is 4.65 Å². The van der Waals surface area contributed by atoms with Crippen LogP contribution < -0.4 is 5.46 Å². The van der Waals surface area contributed by atoms with E-state index in [0.717, 1.165) is 44.1 Å². The molecule has 0 radical (unpaired) electrons. The first-order valence-electron chi connectivity index (χ1n) is 12.0. The molecule has 4 aromatic carbocycles. The maximum absolute atomic E-state index is 10.4. The summed E-state index contributed by atoms with van der Waals surface area (Å²) in [6.07, 6.45) is 0. The minimum Gasteiger partial charge on any atom is -0.454 e. The molecule has 6 rings (SSSR count). The second-order valence-electron chi connectivity index (χ2n) is 10.3. The molecule has 0 atom stereocenters. The maximum atomic E-state index is 10.4. The number of aliphatic hydroxyl groups is 1. The van der Waals surface area contributed by atoms with Gasteiger partial charge in [-0.1, -0.05) is 60.7 Å². The fraction of sp³-hybridized carbons (Fsp3) is 0.200. The first kappa shape index (κ1) is 22.0. The average Bonchev–Trinajstić information content (AvgIpc) is 3.37. The van der Waals surface area contributed by atoms with Crippen molar-refractivity contribution in [2.75, 3.05) is 0 Å². The Morgan fingerprint density at radius 3 is 2.03 bits per heavy atom. The third-order valence-corrected chi connectivity index (χ3v) is 7.44. The molecule has 0 saturated heterocycles. The fourth-order valence-corrected chi connectivity index (χ4v) is 4.72. The number of hydrogen-bond acceptors (Lipinski definition) is 3. The van der Waals surface area contributed by atoms with E-state index in [4.69, 9.17) is 9.07 Å². The number of aromatic nitrogens is 1. The van der Waals surface area contributed by atoms with E-state index in [2.05, 4.69) is 83.4 Å². The van der Waals surface area contributed by atoms with Gasteiger partial charge in [0.15, 0.2) is 5.58 Å². The number of rotatable bonds is 5. The van der Waals surface area contributed by atoms with Crippen molar-refractivity contribution in [3.63, 3.8) is 0 Å². The van der Waals surface area contributed by atoms with Gasteiger partial charge in [0.1, 0.15) is 5.58 Å². The number of nitrogens with zero attached hydrogens (tertiary/aromatic N) is 1. The summed E-state index contributed by atoms with van der Waals surface area (Å²) >= 11 is 0. The number of para-hydroxylation sites is 3. The van der Waals surface area contributed by atoms with Gasteiger partial charge in [-0.15, -0.1) is 0 Å². The Morgan fingerprint density at radius 2 is 1.37 bits per heavy atom. The van der Waals surface area contributed by atoms with Crippen LogP contribution in [0.2, 0.25) is 0 Å². The lowest BCUT2D eigenvalue weighted by atomic mass is 9.82. The summed E-state index contributed by atoms with van der Waals surface area (Å²) in [6, 6.07) is 29.6. The van der Waals surface area contributed by atoms with Crippen LogP contribution in [0.15, 0.2) is 89.3 Å². The van der Waals surface area contributed by atoms with E-state index in [0.29, 0.717) is 7.48 Å². The van der Waals surface area contributed by atoms with E-state index < -0.39 is 11.2 Å². The Balaban J connectivity index is 1.50. The zero-order valence-electron chi connectivity index (χ0n) is 20.5. The van der Waals surface area contributed by atoms with Crippen molar-refractivity contribution in [2.24, 2.45) is 0 Å². The van der Waals surface area contributed by atoms with Gasteiger partial charge in [-0.2, -0.15) is 0 Å². The smallest absolute Gasteiger partial charge is 0.309 e. The van der Waals surface area contributed by atoms with Crippen LogP contribution >= 0.6 is 0 Å². The van der Waals surface area contributed by atoms with Crippen molar-refractivity contribution in [3.8, 4) is 5.69 Å². The molecule has 4 nitrogen and oxygen atoms in total. The van der Waals surface area contributed by atoms with Crippen LogP contribution in [0.1, 0.15) is 27.7 Å². The lowest BCUT2D eigenvalue weighted by molar-refractivity contribution is -0.0893. The van der Waals surface area contributed by atoms with Crippen LogP contribution in [-0.4, -0.2) is 28.4 Å². The van der Waals surface area contributed by atoms with Crippen molar-refractivity contribution in [1.29, 1.82) is 0 Å². The van der Waals surface area contributed by atoms with E-state index in [9.17, 15) is 5.11 Å². The molecule has 0 aliphatic heterocycles. The first-order chi connectivity index (χ1) is 16.7. The maximum Gasteiger partial charge on any atom is 0.309 e. The molecule has 6 aromatic rings. The van der Waals surface area contributed by atoms with Crippen LogP contribution in [0.3, 0.4) is 0 Å². The second kappa shape index (κ2) is 7.74. The summed E-state index contributed by atoms with van der Waals surface area (Å²) in [5, 5.41) is 15.0. The van der Waals surface area contributed by atoms with E-state index in [-0.39, 0.29) is 0 Å². The van der Waals surface area contributed by atoms with Gasteiger partial charge in [0, 0.05) is 21.5 Å². The second-order valence-corrected chi connectivity index (χ2v) is 10.3. The largest absolute Gasteiger partial charge is 0.454 e. The highest BCUT2D eigenvalue weighted by atomic mass is 16.5. The zero-order valence-corrected chi connectivity index (χ0v) is 20.5. The van der Waals surface area contributed by atoms with E-state index in [1.54, 1.807) is 13.8 Å². The van der Waals surface area contributed by atoms with Crippen LogP contribution in [0.5, 0.6) is 0 Å². The molecule has 0 bridgehead atoms. The van der Waals surface area contributed by atoms with Gasteiger partial charge in [0.05, 0.1) is 27.9 Å². The number of fused-ring (bicyclic) bond motifs is 6. The molecular weight excluding hydrogens is 433 g/mol. The summed E-state index contributed by atoms with van der Waals surface area (Å²) in [7, 11) is 0.393. The van der Waals surface area contributed by atoms with Crippen molar-refractivity contribution in [3.05, 3.63) is 84.9 Å². The third-order valence-electron chi connectivity index (χ3n) is 7.44. The van der Waals surface area contributed by atoms with Gasteiger partial charge in [-0.05, 0) is 57.4 Å². The van der Waals surface area contributed by atoms with Crippen molar-refractivity contribution in [1.82, 2.24) is 4.57 Å². The van der Waals surface area contributed by atoms with Crippen molar-refractivity contribution >= 4 is 56.7 Å². The minimum atomic E-state index is -0.951. The fourth-order valence-electron chi connectivity index (χ4n) is 4.72. The SMILES string of the molecule is CC(C)(O)C(C)(C)OBc1ccc2c(c1)oc1c(-n3c4ccccc4c4ccccc43)cccc12. The first-order valence-corrected chi connectivity index (χ1v) is 12.0. The molecule has 35 heavy (non-hydrogen) atoms. The van der Waals surface area contributed by atoms with Crippen LogP contribution in [0.4, 0.5) is 0 Å². The van der Waals surface area contributed by atoms with Gasteiger partial charge in [-0.3, -0.25) is 0 Å². The summed E-state index contributed by atoms with van der Waals surface area (Å²) in [4.78, 5) is 0. The van der Waals surface area contributed by atoms with E-state index >= 15 is 0 Å². The highest BCUT2D eigenvalue weighted by molar-refractivity contribution is 6.47. The average molecular weight is 461 g/mol. The number of benzene rings is 4. The Labute approximate surface area is 205 Å². The number of furan rings is 1. The molecule has 2 aromatic heterocycles. The molecule has 174 valence electrons. The lowest BCUT2D eigenvalue weighted by Gasteiger charge is -2.37. The molecule has 2 heterocycles. The minimum absolute atomic E-state index is 0.393. The molecule has 1 N–H and O–H groups in total. The van der Waals surface area contributed by atoms with E-state index in [1.165, 1.54) is 10.8 Å². The zero-order chi connectivity index (χ0) is 24.4. The third kappa shape index (κ3) is 3.46. The summed E-state index contributed by atoms with van der Waals surface area (Å²) < 4.78 is 14.9. The highest BCUT2D eigenvalue weighted by Crippen LogP contribution is 2.37. The summed E-state index contributed by atoms with van der Waals surface area (Å²) in [6.45, 7) is 7.35. The molecular formula is C30H28BNO3. The Hall–Kier alpha value is -3.54. The van der Waals surface area contributed by atoms with Gasteiger partial charge < -0.3 is 18.7 Å². The van der Waals surface area contributed by atoms with Crippen LogP contribution in [0, 0.1) is 0 Å². The van der Waals surface area contributed by atoms with Gasteiger partial charge >= 0.3 is 7.48 Å². The summed E-state index contributed by atoms with van der Waals surface area (Å²) in [5.74, 6) is 0. The van der Waals surface area contributed by atoms with E-state index in [1.807, 2.05) is 19.9 Å². The Bertz CT molecular complexity index is 1670. The standard InChI is InChI=1S/C30H28BNO3/c1-29(2,33)30(3,4)35-31-19-16-17-22-23-12-9-15-26(28(23)34-27(22)18-19)32-24-13-7-5-10-20(24)21-11-6-8-14-25(21)32/h5-18,31,33H,1-4H3. The molecule has 0 aliphatic carbocycles. The number of hydrogen-bond donors (Lipinski definition) is 1. The quantitative estimate of drug-likeness (QED) is 0.310. The van der Waals surface area contributed by atoms with Crippen molar-refractivity contribution in [2.45, 2.75) is 38.9 Å². The molecule has 0 fully saturated rings. The predicted octanol–water partition coefficient (Wildman–Crippen LogP) is 6.23. The topological polar surface area (TPSA) is 47.5 Å². The molecule has 0 amide bonds.